The third-order valence-electron chi connectivity index (χ3n) is 4.07. The van der Waals surface area contributed by atoms with Crippen LogP contribution in [0.25, 0.3) is 0 Å². The van der Waals surface area contributed by atoms with E-state index in [-0.39, 0.29) is 12.5 Å². The van der Waals surface area contributed by atoms with Gasteiger partial charge in [-0.3, -0.25) is 4.57 Å². The molecule has 0 saturated carbocycles. The van der Waals surface area contributed by atoms with Crippen molar-refractivity contribution in [1.82, 2.24) is 5.32 Å². The van der Waals surface area contributed by atoms with E-state index in [0.717, 1.165) is 5.56 Å². The van der Waals surface area contributed by atoms with Crippen LogP contribution in [0.4, 0.5) is 4.79 Å². The summed E-state index contributed by atoms with van der Waals surface area (Å²) in [5.41, 5.74) is 0.894. The Kier molecular flexibility index (Phi) is 7.93. The molecule has 2 unspecified atom stereocenters. The maximum absolute atomic E-state index is 13.6. The Morgan fingerprint density at radius 2 is 1.63 bits per heavy atom. The second-order valence-corrected chi connectivity index (χ2v) is 9.39. The summed E-state index contributed by atoms with van der Waals surface area (Å²) in [7, 11) is -3.17. The van der Waals surface area contributed by atoms with E-state index in [1.165, 1.54) is 0 Å². The molecule has 0 heterocycles. The topological polar surface area (TPSA) is 64.6 Å². The van der Waals surface area contributed by atoms with Crippen molar-refractivity contribution in [2.24, 2.45) is 5.92 Å². The molecule has 0 fully saturated rings. The Labute approximate surface area is 161 Å². The molecule has 27 heavy (non-hydrogen) atoms. The fourth-order valence-electron chi connectivity index (χ4n) is 2.82. The van der Waals surface area contributed by atoms with Crippen molar-refractivity contribution in [3.8, 4) is 5.75 Å². The van der Waals surface area contributed by atoms with Gasteiger partial charge in [0.05, 0.1) is 0 Å². The average Bonchev–Trinajstić information content (AvgIpc) is 2.66. The Hall–Kier alpha value is -2.26. The smallest absolute Gasteiger partial charge is 0.408 e. The predicted octanol–water partition coefficient (Wildman–Crippen LogP) is 5.66. The van der Waals surface area contributed by atoms with Crippen molar-refractivity contribution in [2.75, 3.05) is 6.16 Å². The Morgan fingerprint density at radius 1 is 1.04 bits per heavy atom. The van der Waals surface area contributed by atoms with Gasteiger partial charge in [-0.1, -0.05) is 69.3 Å². The van der Waals surface area contributed by atoms with Crippen molar-refractivity contribution in [3.05, 3.63) is 66.2 Å². The first-order chi connectivity index (χ1) is 12.9. The molecule has 0 spiro atoms. The third kappa shape index (κ3) is 6.44. The van der Waals surface area contributed by atoms with Crippen molar-refractivity contribution >= 4 is 13.5 Å². The van der Waals surface area contributed by atoms with E-state index in [2.05, 4.69) is 5.32 Å². The summed E-state index contributed by atoms with van der Waals surface area (Å²) in [5.74, 6) is -0.157. The van der Waals surface area contributed by atoms with Crippen LogP contribution in [-0.4, -0.2) is 18.0 Å². The van der Waals surface area contributed by atoms with Gasteiger partial charge in [0, 0.05) is 6.16 Å². The largest absolute Gasteiger partial charge is 0.445 e. The number of hydrogen-bond acceptors (Lipinski definition) is 4. The van der Waals surface area contributed by atoms with E-state index >= 15 is 0 Å². The van der Waals surface area contributed by atoms with Crippen molar-refractivity contribution in [1.29, 1.82) is 0 Å². The van der Waals surface area contributed by atoms with E-state index in [0.29, 0.717) is 18.3 Å². The van der Waals surface area contributed by atoms with Crippen LogP contribution in [0.1, 0.15) is 32.8 Å². The van der Waals surface area contributed by atoms with Gasteiger partial charge in [0.2, 0.25) is 0 Å². The lowest BCUT2D eigenvalue weighted by Gasteiger charge is -2.31. The van der Waals surface area contributed by atoms with Gasteiger partial charge in [-0.05, 0) is 30.0 Å². The van der Waals surface area contributed by atoms with E-state index < -0.39 is 19.2 Å². The molecule has 6 heteroatoms. The van der Waals surface area contributed by atoms with E-state index in [1.54, 1.807) is 12.1 Å². The van der Waals surface area contributed by atoms with Crippen LogP contribution in [0, 0.1) is 5.92 Å². The number of alkyl carbamates (subject to hydrolysis) is 1. The fraction of sp³-hybridized carbons (Fsp3) is 0.381. The van der Waals surface area contributed by atoms with Crippen LogP contribution in [-0.2, 0) is 15.9 Å². The first-order valence-corrected chi connectivity index (χ1v) is 11.1. The number of ether oxygens (including phenoxy) is 1. The molecule has 2 aromatic carbocycles. The summed E-state index contributed by atoms with van der Waals surface area (Å²) in [6.45, 7) is 5.94. The molecular weight excluding hydrogens is 361 g/mol. The minimum Gasteiger partial charge on any atom is -0.445 e. The normalized spacial score (nSPS) is 14.2. The van der Waals surface area contributed by atoms with Gasteiger partial charge >= 0.3 is 6.09 Å². The Morgan fingerprint density at radius 3 is 2.19 bits per heavy atom. The van der Waals surface area contributed by atoms with Gasteiger partial charge in [0.15, 0.2) is 0 Å². The molecule has 0 radical (unpaired) electrons. The lowest BCUT2D eigenvalue weighted by Crippen LogP contribution is -2.40. The molecule has 2 rings (SSSR count). The van der Waals surface area contributed by atoms with Crippen LogP contribution in [0.3, 0.4) is 0 Å². The highest BCUT2D eigenvalue weighted by Crippen LogP contribution is 2.53. The first-order valence-electron chi connectivity index (χ1n) is 9.25. The van der Waals surface area contributed by atoms with Gasteiger partial charge in [-0.15, -0.1) is 0 Å². The highest BCUT2D eigenvalue weighted by Gasteiger charge is 2.38. The molecular formula is C21H28NO4P. The number of hydrogen-bond donors (Lipinski definition) is 1. The van der Waals surface area contributed by atoms with Crippen LogP contribution >= 0.6 is 7.37 Å². The number of para-hydroxylation sites is 1. The number of nitrogens with one attached hydrogen (secondary N) is 1. The monoisotopic (exact) mass is 389 g/mol. The summed E-state index contributed by atoms with van der Waals surface area (Å²) >= 11 is 0. The van der Waals surface area contributed by atoms with Gasteiger partial charge in [0.25, 0.3) is 7.37 Å². The number of amides is 1. The number of benzene rings is 2. The molecule has 0 aliphatic carbocycles. The number of carbonyl (C=O) groups excluding carboxylic acids is 1. The van der Waals surface area contributed by atoms with Crippen molar-refractivity contribution in [2.45, 2.75) is 39.6 Å². The summed E-state index contributed by atoms with van der Waals surface area (Å²) < 4.78 is 24.9. The van der Waals surface area contributed by atoms with E-state index in [4.69, 9.17) is 9.26 Å². The minimum atomic E-state index is -3.17. The quantitative estimate of drug-likeness (QED) is 0.562. The predicted molar refractivity (Wildman–Crippen MR) is 108 cm³/mol. The summed E-state index contributed by atoms with van der Waals surface area (Å²) in [6.07, 6.45) is 0.475. The molecule has 0 aliphatic rings. The molecule has 2 aromatic rings. The molecule has 0 bridgehead atoms. The highest BCUT2D eigenvalue weighted by atomic mass is 31.2. The van der Waals surface area contributed by atoms with E-state index in [9.17, 15) is 9.36 Å². The fourth-order valence-corrected chi connectivity index (χ4v) is 5.61. The minimum absolute atomic E-state index is 0.0737. The lowest BCUT2D eigenvalue weighted by atomic mass is 10.2. The summed E-state index contributed by atoms with van der Waals surface area (Å²) in [5, 5.41) is 2.78. The second-order valence-electron chi connectivity index (χ2n) is 6.75. The molecule has 146 valence electrons. The summed E-state index contributed by atoms with van der Waals surface area (Å²) in [4.78, 5) is 12.3. The summed E-state index contributed by atoms with van der Waals surface area (Å²) in [6, 6.07) is 18.5. The molecule has 0 saturated heterocycles. The van der Waals surface area contributed by atoms with Crippen LogP contribution in [0.2, 0.25) is 0 Å². The molecule has 5 nitrogen and oxygen atoms in total. The van der Waals surface area contributed by atoms with Gasteiger partial charge in [-0.25, -0.2) is 4.79 Å². The molecule has 1 amide bonds. The first kappa shape index (κ1) is 21.0. The SMILES string of the molecule is CCCP(=O)(Oc1ccccc1)C(NC(=O)OCc1ccccc1)C(C)C. The maximum Gasteiger partial charge on any atom is 0.408 e. The standard InChI is InChI=1S/C21H28NO4P/c1-4-15-27(24,26-19-13-9-6-10-14-19)20(17(2)3)22-21(23)25-16-18-11-7-5-8-12-18/h5-14,17,20H,4,15-16H2,1-3H3,(H,22,23). The molecule has 2 atom stereocenters. The van der Waals surface area contributed by atoms with Crippen LogP contribution < -0.4 is 9.84 Å². The average molecular weight is 389 g/mol. The Balaban J connectivity index is 2.09. The third-order valence-corrected chi connectivity index (χ3v) is 7.24. The zero-order valence-electron chi connectivity index (χ0n) is 16.1. The zero-order chi connectivity index (χ0) is 19.7. The zero-order valence-corrected chi connectivity index (χ0v) is 17.0. The lowest BCUT2D eigenvalue weighted by molar-refractivity contribution is 0.136. The molecule has 0 aliphatic heterocycles. The van der Waals surface area contributed by atoms with Gasteiger partial charge < -0.3 is 14.6 Å². The van der Waals surface area contributed by atoms with Crippen LogP contribution in [0.15, 0.2) is 60.7 Å². The van der Waals surface area contributed by atoms with E-state index in [1.807, 2.05) is 69.3 Å². The molecule has 0 aromatic heterocycles. The molecule has 1 N–H and O–H groups in total. The number of carbonyl (C=O) groups is 1. The highest BCUT2D eigenvalue weighted by molar-refractivity contribution is 7.60. The maximum atomic E-state index is 13.6. The van der Waals surface area contributed by atoms with Gasteiger partial charge in [-0.2, -0.15) is 0 Å². The number of rotatable bonds is 9. The van der Waals surface area contributed by atoms with Crippen molar-refractivity contribution < 1.29 is 18.6 Å². The Bertz CT molecular complexity index is 749. The van der Waals surface area contributed by atoms with Crippen LogP contribution in [0.5, 0.6) is 5.75 Å². The second kappa shape index (κ2) is 10.2. The van der Waals surface area contributed by atoms with Gasteiger partial charge in [0.1, 0.15) is 18.1 Å². The van der Waals surface area contributed by atoms with Crippen molar-refractivity contribution in [3.63, 3.8) is 0 Å².